The number of guanidine groups is 2. The zero-order chi connectivity index (χ0) is 89.1. The Morgan fingerprint density at radius 1 is 0.437 bits per heavy atom. The Balaban J connectivity index is 1.58. The molecule has 1 saturated heterocycles. The molecule has 41 nitrogen and oxygen atoms in total. The van der Waals surface area contributed by atoms with Gasteiger partial charge in [-0.2, -0.15) is 0 Å². The van der Waals surface area contributed by atoms with E-state index in [4.69, 9.17) is 45.9 Å². The van der Waals surface area contributed by atoms with Crippen molar-refractivity contribution >= 4 is 101 Å². The first-order valence-corrected chi connectivity index (χ1v) is 39.4. The number of aliphatic hydroxyl groups is 1. The summed E-state index contributed by atoms with van der Waals surface area (Å²) in [6.45, 7) is 12.4. The van der Waals surface area contributed by atoms with Crippen LogP contribution in [0.15, 0.2) is 82.8 Å². The van der Waals surface area contributed by atoms with Crippen LogP contribution in [0, 0.1) is 17.8 Å². The minimum Gasteiger partial charge on any atom is -0.508 e. The molecule has 119 heavy (non-hydrogen) atoms. The Morgan fingerprint density at radius 3 is 1.24 bits per heavy atom. The molecule has 41 heteroatoms. The molecule has 1 heterocycles. The molecule has 0 unspecified atom stereocenters. The molecule has 3 aromatic carbocycles. The number of aliphatic hydroxyl groups excluding tert-OH is 1. The third kappa shape index (κ3) is 34.0. The molecular formula is C78H120N22O19. The highest BCUT2D eigenvalue weighted by Gasteiger charge is 2.41. The van der Waals surface area contributed by atoms with Gasteiger partial charge in [0, 0.05) is 38.9 Å². The second-order valence-corrected chi connectivity index (χ2v) is 30.1. The van der Waals surface area contributed by atoms with Gasteiger partial charge in [-0.15, -0.1) is 0 Å². The molecule has 0 aromatic heterocycles. The molecule has 0 radical (unpaired) electrons. The number of nitrogens with zero attached hydrogens (tertiary/aromatic N) is 3. The predicted molar refractivity (Wildman–Crippen MR) is 436 cm³/mol. The second-order valence-electron chi connectivity index (χ2n) is 30.1. The third-order valence-electron chi connectivity index (χ3n) is 19.8. The number of primary amides is 3. The van der Waals surface area contributed by atoms with Crippen LogP contribution in [0.1, 0.15) is 149 Å². The minimum atomic E-state index is -1.92. The average molecular weight is 1670 g/mol. The summed E-state index contributed by atoms with van der Waals surface area (Å²) < 4.78 is 0. The number of hydrogen-bond acceptors (Lipinski definition) is 22. The molecule has 16 atom stereocenters. The highest BCUT2D eigenvalue weighted by atomic mass is 16.3. The number of carbonyl (C=O) groups excluding carboxylic acids is 15. The maximum absolute atomic E-state index is 14.7. The van der Waals surface area contributed by atoms with Crippen LogP contribution in [0.3, 0.4) is 0 Å². The number of nitrogens with two attached hydrogens (primary N) is 8. The Morgan fingerprint density at radius 2 is 0.807 bits per heavy atom. The lowest BCUT2D eigenvalue weighted by Crippen LogP contribution is -2.63. The van der Waals surface area contributed by atoms with Crippen LogP contribution in [0.4, 0.5) is 0 Å². The van der Waals surface area contributed by atoms with E-state index >= 15 is 0 Å². The van der Waals surface area contributed by atoms with Crippen molar-refractivity contribution in [2.75, 3.05) is 19.6 Å². The van der Waals surface area contributed by atoms with Crippen molar-refractivity contribution in [2.24, 2.45) is 73.6 Å². The summed E-state index contributed by atoms with van der Waals surface area (Å²) in [6.07, 6.45) is -3.43. The van der Waals surface area contributed by atoms with Gasteiger partial charge >= 0.3 is 0 Å². The predicted octanol–water partition coefficient (Wildman–Crippen LogP) is -5.25. The van der Waals surface area contributed by atoms with Crippen molar-refractivity contribution in [1.82, 2.24) is 63.4 Å². The molecule has 0 saturated carbocycles. The molecule has 4 rings (SSSR count). The van der Waals surface area contributed by atoms with Gasteiger partial charge in [-0.25, -0.2) is 0 Å². The number of carbonyl (C=O) groups is 15. The average Bonchev–Trinajstić information content (AvgIpc) is 1.82. The van der Waals surface area contributed by atoms with Crippen LogP contribution in [0.5, 0.6) is 17.2 Å². The number of aliphatic imine (C=N–C) groups is 2. The van der Waals surface area contributed by atoms with Crippen LogP contribution < -0.4 is 104 Å². The van der Waals surface area contributed by atoms with Gasteiger partial charge < -0.3 is 130 Å². The monoisotopic (exact) mass is 1670 g/mol. The van der Waals surface area contributed by atoms with Gasteiger partial charge in [0.05, 0.1) is 18.6 Å². The van der Waals surface area contributed by atoms with Crippen LogP contribution in [0.2, 0.25) is 0 Å². The van der Waals surface area contributed by atoms with Crippen LogP contribution in [0.25, 0.3) is 0 Å². The molecule has 0 bridgehead atoms. The van der Waals surface area contributed by atoms with E-state index in [-0.39, 0.29) is 119 Å². The second kappa shape index (κ2) is 48.9. The molecule has 1 fully saturated rings. The first-order chi connectivity index (χ1) is 56.0. The van der Waals surface area contributed by atoms with E-state index in [9.17, 15) is 92.3 Å². The van der Waals surface area contributed by atoms with E-state index in [1.54, 1.807) is 53.7 Å². The largest absolute Gasteiger partial charge is 0.508 e. The lowest BCUT2D eigenvalue weighted by atomic mass is 9.95. The summed E-state index contributed by atoms with van der Waals surface area (Å²) in [7, 11) is 0. The Kier molecular flexibility index (Phi) is 40.7. The van der Waals surface area contributed by atoms with Gasteiger partial charge in [-0.05, 0) is 142 Å². The van der Waals surface area contributed by atoms with E-state index in [0.717, 1.165) is 6.92 Å². The quantitative estimate of drug-likeness (QED) is 0.0143. The molecule has 656 valence electrons. The summed E-state index contributed by atoms with van der Waals surface area (Å²) in [5.41, 5.74) is 46.8. The van der Waals surface area contributed by atoms with Crippen molar-refractivity contribution in [1.29, 1.82) is 0 Å². The molecule has 1 aliphatic rings. The molecule has 3 aromatic rings. The van der Waals surface area contributed by atoms with Crippen LogP contribution in [-0.2, 0) is 91.2 Å². The van der Waals surface area contributed by atoms with E-state index in [1.807, 2.05) is 0 Å². The van der Waals surface area contributed by atoms with Gasteiger partial charge in [-0.1, -0.05) is 90.8 Å². The molecule has 31 N–H and O–H groups in total. The van der Waals surface area contributed by atoms with E-state index < -0.39 is 210 Å². The highest BCUT2D eigenvalue weighted by molar-refractivity contribution is 6.01. The first kappa shape index (κ1) is 98.9. The van der Waals surface area contributed by atoms with Crippen LogP contribution >= 0.6 is 0 Å². The number of nitrogens with one attached hydrogen (secondary N) is 11. The molecule has 1 aliphatic heterocycles. The maximum Gasteiger partial charge on any atom is 0.245 e. The Bertz CT molecular complexity index is 4030. The van der Waals surface area contributed by atoms with Crippen LogP contribution in [-0.4, -0.2) is 230 Å². The molecule has 0 spiro atoms. The number of phenols is 3. The smallest absolute Gasteiger partial charge is 0.245 e. The Labute approximate surface area is 689 Å². The SMILES string of the molecule is CC[C@H](C)[C@H](NC(=O)[C@H](Cc1ccc(O)cc1)NC(=O)[C@H](C)NC(=O)[C@@H]1CCCN1C(=O)[C@@H](N)Cc1ccc(O)cc1)C(=O)N[C@@H](CC(N)=O)C(=O)N[C@@H](CC(C)C)C(=O)N[C@H](C(=O)N[C@H](C(=O)N[C@@H](CCCN=C(N)N)C(=O)N[C@@H](CCC(N)=O)C(=O)N[C@@H](CCCN=C(N)N)C(=O)N[C@@H](Cc1ccc(O)cc1)C(N)=O)[C@@H](C)O)[C@@H](C)CC. The molecular weight excluding hydrogens is 1550 g/mol. The van der Waals surface area contributed by atoms with Gasteiger partial charge in [0.25, 0.3) is 0 Å². The topological polar surface area (TPSA) is 705 Å². The van der Waals surface area contributed by atoms with Crippen molar-refractivity contribution in [2.45, 2.75) is 236 Å². The van der Waals surface area contributed by atoms with Crippen molar-refractivity contribution in [3.63, 3.8) is 0 Å². The van der Waals surface area contributed by atoms with E-state index in [2.05, 4.69) is 68.5 Å². The maximum atomic E-state index is 14.7. The number of phenolic OH excluding ortho intramolecular Hbond substituents is 3. The number of rotatable bonds is 50. The third-order valence-corrected chi connectivity index (χ3v) is 19.8. The summed E-state index contributed by atoms with van der Waals surface area (Å²) >= 11 is 0. The number of hydrogen-bond donors (Lipinski definition) is 23. The number of likely N-dealkylation sites (tertiary alicyclic amines) is 1. The minimum absolute atomic E-state index is 0.0234. The van der Waals surface area contributed by atoms with E-state index in [0.29, 0.717) is 23.1 Å². The lowest BCUT2D eigenvalue weighted by Gasteiger charge is -2.31. The van der Waals surface area contributed by atoms with Gasteiger partial charge in [0.15, 0.2) is 11.9 Å². The summed E-state index contributed by atoms with van der Waals surface area (Å²) in [4.78, 5) is 219. The van der Waals surface area contributed by atoms with Gasteiger partial charge in [-0.3, -0.25) is 81.9 Å². The van der Waals surface area contributed by atoms with Crippen molar-refractivity contribution in [3.05, 3.63) is 89.5 Å². The summed E-state index contributed by atoms with van der Waals surface area (Å²) in [5.74, 6) is -17.1. The highest BCUT2D eigenvalue weighted by Crippen LogP contribution is 2.22. The number of amides is 15. The standard InChI is InChI=1S/C78H120N22O19/c1-9-40(5)61(97-71(114)56(37-46-21-27-49(104)28-22-46)94-65(108)42(7)89-72(115)58-16-13-33-100(58)76(119)50(79)35-44-17-23-47(102)24-18-44)73(116)96-57(38-60(81)106)69(112)95-55(34-39(3)4)70(113)98-62(41(6)10-2)74(117)99-63(43(8)101)75(118)92-52(15-12-32-88-78(85)86)66(109)91-53(29-30-59(80)105)68(111)90-51(14-11-31-87-77(83)84)67(110)93-54(64(82)107)36-45-19-25-48(103)26-20-45/h17-28,39-43,50-58,61-63,101-104H,9-16,29-38,79H2,1-8H3,(H2,80,105)(H2,81,106)(H2,82,107)(H,89,115)(H,90,111)(H,91,109)(H,92,118)(H,93,110)(H,94,108)(H,95,112)(H,96,116)(H,97,114)(H,98,113)(H,99,117)(H4,83,84,87)(H4,85,86,88)/t40-,41-,42-,43+,50-,51-,52-,53-,54-,55-,56-,57-,58-,61-,62-,63-/m0/s1. The van der Waals surface area contributed by atoms with E-state index in [1.165, 1.54) is 72.5 Å². The molecule has 15 amide bonds. The van der Waals surface area contributed by atoms with Gasteiger partial charge in [0.1, 0.15) is 89.8 Å². The lowest BCUT2D eigenvalue weighted by molar-refractivity contribution is -0.140. The fourth-order valence-electron chi connectivity index (χ4n) is 12.7. The first-order valence-electron chi connectivity index (χ1n) is 39.4. The summed E-state index contributed by atoms with van der Waals surface area (Å²) in [6, 6.07) is -2.02. The normalized spacial score (nSPS) is 16.2. The molecule has 0 aliphatic carbocycles. The number of benzene rings is 3. The summed E-state index contributed by atoms with van der Waals surface area (Å²) in [5, 5.41) is 68.8. The zero-order valence-electron chi connectivity index (χ0n) is 68.3. The van der Waals surface area contributed by atoms with Crippen molar-refractivity contribution < 1.29 is 92.3 Å². The zero-order valence-corrected chi connectivity index (χ0v) is 68.3. The van der Waals surface area contributed by atoms with Gasteiger partial charge in [0.2, 0.25) is 88.6 Å². The Hall–Kier alpha value is -12.4. The number of aromatic hydroxyl groups is 3. The fourth-order valence-corrected chi connectivity index (χ4v) is 12.7. The fraction of sp³-hybridized carbons (Fsp3) is 0.551. The van der Waals surface area contributed by atoms with Crippen molar-refractivity contribution in [3.8, 4) is 17.2 Å².